The Hall–Kier alpha value is -1.96. The number of anilines is 1. The Labute approximate surface area is 95.7 Å². The Morgan fingerprint density at radius 2 is 1.75 bits per heavy atom. The monoisotopic (exact) mass is 213 g/mol. The number of methoxy groups -OCH3 is 1. The van der Waals surface area contributed by atoms with E-state index in [1.165, 1.54) is 0 Å². The van der Waals surface area contributed by atoms with Crippen LogP contribution in [0, 0.1) is 6.92 Å². The van der Waals surface area contributed by atoms with Gasteiger partial charge in [0.1, 0.15) is 5.75 Å². The van der Waals surface area contributed by atoms with E-state index in [-0.39, 0.29) is 0 Å². The maximum absolute atomic E-state index is 6.02. The van der Waals surface area contributed by atoms with Gasteiger partial charge in [0.25, 0.3) is 0 Å². The van der Waals surface area contributed by atoms with E-state index in [1.54, 1.807) is 7.11 Å². The second kappa shape index (κ2) is 4.27. The highest BCUT2D eigenvalue weighted by molar-refractivity contribution is 5.82. The molecule has 0 unspecified atom stereocenters. The number of nitrogens with two attached hydrogens (primary N) is 1. The lowest BCUT2D eigenvalue weighted by Gasteiger charge is -2.13. The Morgan fingerprint density at radius 3 is 2.44 bits per heavy atom. The predicted molar refractivity (Wildman–Crippen MR) is 67.6 cm³/mol. The average Bonchev–Trinajstić information content (AvgIpc) is 2.29. The zero-order valence-corrected chi connectivity index (χ0v) is 9.53. The number of rotatable bonds is 2. The highest BCUT2D eigenvalue weighted by Crippen LogP contribution is 2.35. The van der Waals surface area contributed by atoms with Crippen molar-refractivity contribution in [2.75, 3.05) is 12.8 Å². The topological polar surface area (TPSA) is 35.2 Å². The zero-order chi connectivity index (χ0) is 11.5. The van der Waals surface area contributed by atoms with E-state index in [0.717, 1.165) is 28.1 Å². The Balaban J connectivity index is 2.67. The van der Waals surface area contributed by atoms with Crippen molar-refractivity contribution in [1.29, 1.82) is 0 Å². The molecule has 0 aliphatic heterocycles. The third kappa shape index (κ3) is 1.74. The molecule has 16 heavy (non-hydrogen) atoms. The van der Waals surface area contributed by atoms with Gasteiger partial charge in [-0.05, 0) is 24.6 Å². The summed E-state index contributed by atoms with van der Waals surface area (Å²) in [6, 6.07) is 13.8. The van der Waals surface area contributed by atoms with Gasteiger partial charge < -0.3 is 10.5 Å². The molecule has 2 heteroatoms. The van der Waals surface area contributed by atoms with Crippen LogP contribution in [-0.4, -0.2) is 7.11 Å². The number of para-hydroxylation sites is 1. The summed E-state index contributed by atoms with van der Waals surface area (Å²) >= 11 is 0. The number of benzene rings is 2. The second-order valence-electron chi connectivity index (χ2n) is 3.74. The van der Waals surface area contributed by atoms with Gasteiger partial charge in [-0.15, -0.1) is 0 Å². The van der Waals surface area contributed by atoms with Crippen LogP contribution in [0.1, 0.15) is 5.56 Å². The largest absolute Gasteiger partial charge is 0.496 e. The molecular weight excluding hydrogens is 198 g/mol. The molecule has 0 bridgehead atoms. The Bertz CT molecular complexity index is 486. The lowest BCUT2D eigenvalue weighted by molar-refractivity contribution is 0.416. The van der Waals surface area contributed by atoms with Crippen LogP contribution >= 0.6 is 0 Å². The van der Waals surface area contributed by atoms with Gasteiger partial charge in [0.05, 0.1) is 7.11 Å². The van der Waals surface area contributed by atoms with Crippen molar-refractivity contribution in [2.45, 2.75) is 6.92 Å². The fourth-order valence-electron chi connectivity index (χ4n) is 1.91. The van der Waals surface area contributed by atoms with Crippen LogP contribution in [0.3, 0.4) is 0 Å². The van der Waals surface area contributed by atoms with Crippen LogP contribution in [0.25, 0.3) is 11.1 Å². The molecule has 2 rings (SSSR count). The molecule has 2 aromatic carbocycles. The average molecular weight is 213 g/mol. The minimum atomic E-state index is 0.782. The van der Waals surface area contributed by atoms with Gasteiger partial charge in [-0.25, -0.2) is 0 Å². The molecule has 82 valence electrons. The SMILES string of the molecule is COc1ccccc1-c1c(C)cccc1N. The first-order valence-electron chi connectivity index (χ1n) is 5.22. The lowest BCUT2D eigenvalue weighted by atomic mass is 9.98. The van der Waals surface area contributed by atoms with Crippen molar-refractivity contribution < 1.29 is 4.74 Å². The summed E-state index contributed by atoms with van der Waals surface area (Å²) in [5.74, 6) is 0.850. The van der Waals surface area contributed by atoms with Crippen molar-refractivity contribution in [3.63, 3.8) is 0 Å². The van der Waals surface area contributed by atoms with E-state index in [9.17, 15) is 0 Å². The van der Waals surface area contributed by atoms with Crippen molar-refractivity contribution in [3.05, 3.63) is 48.0 Å². The summed E-state index contributed by atoms with van der Waals surface area (Å²) in [5, 5.41) is 0. The van der Waals surface area contributed by atoms with Crippen molar-refractivity contribution in [1.82, 2.24) is 0 Å². The van der Waals surface area contributed by atoms with Gasteiger partial charge in [0.2, 0.25) is 0 Å². The van der Waals surface area contributed by atoms with Crippen molar-refractivity contribution >= 4 is 5.69 Å². The summed E-state index contributed by atoms with van der Waals surface area (Å²) in [5.41, 5.74) is 10.1. The minimum absolute atomic E-state index is 0.782. The van der Waals surface area contributed by atoms with Crippen molar-refractivity contribution in [2.24, 2.45) is 0 Å². The molecule has 0 saturated carbocycles. The van der Waals surface area contributed by atoms with Crippen LogP contribution in [0.2, 0.25) is 0 Å². The van der Waals surface area contributed by atoms with Gasteiger partial charge in [-0.3, -0.25) is 0 Å². The highest BCUT2D eigenvalue weighted by Gasteiger charge is 2.10. The second-order valence-corrected chi connectivity index (χ2v) is 3.74. The molecule has 0 atom stereocenters. The normalized spacial score (nSPS) is 10.1. The molecule has 2 N–H and O–H groups in total. The van der Waals surface area contributed by atoms with Crippen molar-refractivity contribution in [3.8, 4) is 16.9 Å². The maximum atomic E-state index is 6.02. The molecular formula is C14H15NO. The number of hydrogen-bond donors (Lipinski definition) is 1. The molecule has 0 radical (unpaired) electrons. The first-order valence-corrected chi connectivity index (χ1v) is 5.22. The van der Waals surface area contributed by atoms with E-state index in [4.69, 9.17) is 10.5 Å². The summed E-state index contributed by atoms with van der Waals surface area (Å²) < 4.78 is 5.35. The standard InChI is InChI=1S/C14H15NO/c1-10-6-5-8-12(15)14(10)11-7-3-4-9-13(11)16-2/h3-9H,15H2,1-2H3. The molecule has 0 aromatic heterocycles. The number of ether oxygens (including phenoxy) is 1. The molecule has 0 spiro atoms. The first-order chi connectivity index (χ1) is 7.74. The summed E-state index contributed by atoms with van der Waals surface area (Å²) in [4.78, 5) is 0. The summed E-state index contributed by atoms with van der Waals surface area (Å²) in [7, 11) is 1.67. The molecule has 2 nitrogen and oxygen atoms in total. The van der Waals surface area contributed by atoms with E-state index in [2.05, 4.69) is 13.0 Å². The molecule has 0 saturated heterocycles. The zero-order valence-electron chi connectivity index (χ0n) is 9.53. The smallest absolute Gasteiger partial charge is 0.126 e. The van der Waals surface area contributed by atoms with E-state index in [0.29, 0.717) is 0 Å². The van der Waals surface area contributed by atoms with Crippen LogP contribution in [0.15, 0.2) is 42.5 Å². The predicted octanol–water partition coefficient (Wildman–Crippen LogP) is 3.25. The van der Waals surface area contributed by atoms with Crippen LogP contribution in [-0.2, 0) is 0 Å². The van der Waals surface area contributed by atoms with Gasteiger partial charge in [0, 0.05) is 16.8 Å². The van der Waals surface area contributed by atoms with Crippen LogP contribution < -0.4 is 10.5 Å². The first kappa shape index (κ1) is 10.6. The van der Waals surface area contributed by atoms with Gasteiger partial charge >= 0.3 is 0 Å². The molecule has 0 aliphatic rings. The third-order valence-corrected chi connectivity index (χ3v) is 2.68. The Kier molecular flexibility index (Phi) is 2.82. The molecule has 0 fully saturated rings. The van der Waals surface area contributed by atoms with Gasteiger partial charge in [-0.2, -0.15) is 0 Å². The van der Waals surface area contributed by atoms with Crippen LogP contribution in [0.4, 0.5) is 5.69 Å². The highest BCUT2D eigenvalue weighted by atomic mass is 16.5. The summed E-state index contributed by atoms with van der Waals surface area (Å²) in [6.45, 7) is 2.05. The fraction of sp³-hybridized carbons (Fsp3) is 0.143. The van der Waals surface area contributed by atoms with Gasteiger partial charge in [0.15, 0.2) is 0 Å². The number of hydrogen-bond acceptors (Lipinski definition) is 2. The molecule has 2 aromatic rings. The number of nitrogen functional groups attached to an aromatic ring is 1. The fourth-order valence-corrected chi connectivity index (χ4v) is 1.91. The Morgan fingerprint density at radius 1 is 1.00 bits per heavy atom. The quantitative estimate of drug-likeness (QED) is 0.777. The minimum Gasteiger partial charge on any atom is -0.496 e. The molecule has 0 heterocycles. The maximum Gasteiger partial charge on any atom is 0.126 e. The van der Waals surface area contributed by atoms with E-state index < -0.39 is 0 Å². The number of aryl methyl sites for hydroxylation is 1. The van der Waals surface area contributed by atoms with Gasteiger partial charge in [-0.1, -0.05) is 30.3 Å². The molecule has 0 amide bonds. The lowest BCUT2D eigenvalue weighted by Crippen LogP contribution is -1.95. The molecule has 0 aliphatic carbocycles. The van der Waals surface area contributed by atoms with Crippen LogP contribution in [0.5, 0.6) is 5.75 Å². The van der Waals surface area contributed by atoms with E-state index >= 15 is 0 Å². The summed E-state index contributed by atoms with van der Waals surface area (Å²) in [6.07, 6.45) is 0. The third-order valence-electron chi connectivity index (χ3n) is 2.68. The van der Waals surface area contributed by atoms with E-state index in [1.807, 2.05) is 36.4 Å².